The number of hydrogen-bond acceptors (Lipinski definition) is 4. The number of anilines is 1. The number of piperidine rings is 1. The van der Waals surface area contributed by atoms with Crippen LogP contribution < -0.4 is 9.62 Å². The molecule has 1 aliphatic heterocycles. The van der Waals surface area contributed by atoms with Crippen molar-refractivity contribution in [2.45, 2.75) is 40.3 Å². The number of carbonyl (C=O) groups is 1. The number of benzene rings is 2. The van der Waals surface area contributed by atoms with Crippen LogP contribution in [0.2, 0.25) is 0 Å². The number of aryl methyl sites for hydroxylation is 1. The van der Waals surface area contributed by atoms with Gasteiger partial charge in [0.15, 0.2) is 0 Å². The third-order valence-corrected chi connectivity index (χ3v) is 7.06. The SMILES string of the molecule is Cc1ccccc1N(CC(=O)NCc1ccc(CN2CC(C)CC(C)C2)cc1)S(C)(=O)=O. The molecular formula is C25H35N3O3S. The minimum absolute atomic E-state index is 0.243. The molecule has 6 nitrogen and oxygen atoms in total. The number of sulfonamides is 1. The van der Waals surface area contributed by atoms with Crippen molar-refractivity contribution in [3.63, 3.8) is 0 Å². The average Bonchev–Trinajstić information content (AvgIpc) is 2.71. The van der Waals surface area contributed by atoms with Gasteiger partial charge in [0.2, 0.25) is 15.9 Å². The predicted octanol–water partition coefficient (Wildman–Crippen LogP) is 3.56. The zero-order valence-corrected chi connectivity index (χ0v) is 20.4. The lowest BCUT2D eigenvalue weighted by molar-refractivity contribution is -0.119. The van der Waals surface area contributed by atoms with E-state index in [0.717, 1.165) is 53.2 Å². The number of likely N-dealkylation sites (tertiary alicyclic amines) is 1. The van der Waals surface area contributed by atoms with E-state index in [2.05, 4.69) is 36.2 Å². The standard InChI is InChI=1S/C25H35N3O3S/c1-19-13-20(2)16-27(15-19)17-23-11-9-22(10-12-23)14-26-25(29)18-28(32(4,30)31)24-8-6-5-7-21(24)3/h5-12,19-20H,13-18H2,1-4H3,(H,26,29). The number of amides is 1. The molecule has 0 saturated carbocycles. The highest BCUT2D eigenvalue weighted by Gasteiger charge is 2.23. The minimum atomic E-state index is -3.58. The minimum Gasteiger partial charge on any atom is -0.350 e. The van der Waals surface area contributed by atoms with Crippen LogP contribution >= 0.6 is 0 Å². The predicted molar refractivity (Wildman–Crippen MR) is 130 cm³/mol. The molecule has 1 heterocycles. The van der Waals surface area contributed by atoms with E-state index >= 15 is 0 Å². The topological polar surface area (TPSA) is 69.7 Å². The quantitative estimate of drug-likeness (QED) is 0.658. The molecule has 7 heteroatoms. The number of nitrogens with zero attached hydrogens (tertiary/aromatic N) is 2. The number of para-hydroxylation sites is 1. The summed E-state index contributed by atoms with van der Waals surface area (Å²) in [7, 11) is -3.58. The summed E-state index contributed by atoms with van der Waals surface area (Å²) in [5, 5.41) is 2.85. The Balaban J connectivity index is 1.55. The molecule has 0 bridgehead atoms. The first-order chi connectivity index (χ1) is 15.1. The van der Waals surface area contributed by atoms with E-state index in [9.17, 15) is 13.2 Å². The highest BCUT2D eigenvalue weighted by molar-refractivity contribution is 7.92. The lowest BCUT2D eigenvalue weighted by Crippen LogP contribution is -2.40. The van der Waals surface area contributed by atoms with E-state index in [-0.39, 0.29) is 12.5 Å². The Morgan fingerprint density at radius 1 is 1.03 bits per heavy atom. The van der Waals surface area contributed by atoms with Gasteiger partial charge in [-0.25, -0.2) is 8.42 Å². The molecule has 1 saturated heterocycles. The fraction of sp³-hybridized carbons (Fsp3) is 0.480. The number of nitrogens with one attached hydrogen (secondary N) is 1. The van der Waals surface area contributed by atoms with Gasteiger partial charge < -0.3 is 5.32 Å². The lowest BCUT2D eigenvalue weighted by atomic mass is 9.91. The first-order valence-electron chi connectivity index (χ1n) is 11.2. The molecule has 2 atom stereocenters. The normalized spacial score (nSPS) is 19.5. The van der Waals surface area contributed by atoms with Crippen LogP contribution in [0.4, 0.5) is 5.69 Å². The van der Waals surface area contributed by atoms with Crippen LogP contribution in [0.1, 0.15) is 37.0 Å². The molecule has 2 aromatic rings. The van der Waals surface area contributed by atoms with Crippen molar-refractivity contribution in [1.29, 1.82) is 0 Å². The van der Waals surface area contributed by atoms with Crippen LogP contribution in [-0.4, -0.2) is 45.1 Å². The first-order valence-corrected chi connectivity index (χ1v) is 13.1. The van der Waals surface area contributed by atoms with Crippen LogP contribution in [0.15, 0.2) is 48.5 Å². The van der Waals surface area contributed by atoms with Crippen molar-refractivity contribution >= 4 is 21.6 Å². The molecule has 2 aromatic carbocycles. The van der Waals surface area contributed by atoms with Gasteiger partial charge in [-0.15, -0.1) is 0 Å². The number of carbonyl (C=O) groups excluding carboxylic acids is 1. The van der Waals surface area contributed by atoms with Gasteiger partial charge in [0.1, 0.15) is 6.54 Å². The second-order valence-corrected chi connectivity index (χ2v) is 11.2. The molecule has 0 spiro atoms. The van der Waals surface area contributed by atoms with Gasteiger partial charge in [-0.3, -0.25) is 14.0 Å². The second-order valence-electron chi connectivity index (χ2n) is 9.29. The molecule has 32 heavy (non-hydrogen) atoms. The smallest absolute Gasteiger partial charge is 0.241 e. The van der Waals surface area contributed by atoms with Crippen LogP contribution in [0.3, 0.4) is 0 Å². The van der Waals surface area contributed by atoms with Crippen molar-refractivity contribution in [1.82, 2.24) is 10.2 Å². The highest BCUT2D eigenvalue weighted by Crippen LogP contribution is 2.23. The average molecular weight is 458 g/mol. The maximum absolute atomic E-state index is 12.5. The van der Waals surface area contributed by atoms with Crippen molar-refractivity contribution < 1.29 is 13.2 Å². The van der Waals surface area contributed by atoms with Crippen LogP contribution in [0, 0.1) is 18.8 Å². The second kappa shape index (κ2) is 10.5. The molecule has 1 amide bonds. The van der Waals surface area contributed by atoms with Gasteiger partial charge in [0.05, 0.1) is 11.9 Å². The summed E-state index contributed by atoms with van der Waals surface area (Å²) >= 11 is 0. The zero-order chi connectivity index (χ0) is 23.3. The fourth-order valence-corrected chi connectivity index (χ4v) is 5.47. The van der Waals surface area contributed by atoms with Gasteiger partial charge in [-0.05, 0) is 47.9 Å². The van der Waals surface area contributed by atoms with Crippen molar-refractivity contribution in [2.24, 2.45) is 11.8 Å². The first kappa shape index (κ1) is 24.3. The summed E-state index contributed by atoms with van der Waals surface area (Å²) < 4.78 is 25.7. The van der Waals surface area contributed by atoms with Gasteiger partial charge in [-0.1, -0.05) is 56.3 Å². The zero-order valence-electron chi connectivity index (χ0n) is 19.5. The largest absolute Gasteiger partial charge is 0.350 e. The molecule has 0 radical (unpaired) electrons. The van der Waals surface area contributed by atoms with Crippen LogP contribution in [-0.2, 0) is 27.9 Å². The Morgan fingerprint density at radius 2 is 1.62 bits per heavy atom. The van der Waals surface area contributed by atoms with Gasteiger partial charge >= 0.3 is 0 Å². The van der Waals surface area contributed by atoms with Gasteiger partial charge in [0, 0.05) is 26.2 Å². The van der Waals surface area contributed by atoms with Crippen LogP contribution in [0.5, 0.6) is 0 Å². The summed E-state index contributed by atoms with van der Waals surface area (Å²) in [5.74, 6) is 1.14. The highest BCUT2D eigenvalue weighted by atomic mass is 32.2. The van der Waals surface area contributed by atoms with E-state index in [1.54, 1.807) is 12.1 Å². The van der Waals surface area contributed by atoms with E-state index in [1.165, 1.54) is 12.0 Å². The third-order valence-electron chi connectivity index (χ3n) is 5.94. The van der Waals surface area contributed by atoms with E-state index in [0.29, 0.717) is 12.2 Å². The monoisotopic (exact) mass is 457 g/mol. The Morgan fingerprint density at radius 3 is 2.22 bits per heavy atom. The van der Waals surface area contributed by atoms with Crippen molar-refractivity contribution in [3.8, 4) is 0 Å². The summed E-state index contributed by atoms with van der Waals surface area (Å²) in [6.07, 6.45) is 2.42. The van der Waals surface area contributed by atoms with Crippen molar-refractivity contribution in [2.75, 3.05) is 30.2 Å². The maximum Gasteiger partial charge on any atom is 0.241 e. The molecule has 3 rings (SSSR count). The van der Waals surface area contributed by atoms with E-state index in [1.807, 2.05) is 31.2 Å². The maximum atomic E-state index is 12.5. The Hall–Kier alpha value is -2.38. The fourth-order valence-electron chi connectivity index (χ4n) is 4.55. The summed E-state index contributed by atoms with van der Waals surface area (Å²) in [6.45, 7) is 9.81. The van der Waals surface area contributed by atoms with E-state index in [4.69, 9.17) is 0 Å². The third kappa shape index (κ3) is 6.81. The summed E-state index contributed by atoms with van der Waals surface area (Å²) in [5.41, 5.74) is 3.59. The molecule has 1 aliphatic rings. The molecule has 2 unspecified atom stereocenters. The summed E-state index contributed by atoms with van der Waals surface area (Å²) in [6, 6.07) is 15.4. The number of hydrogen-bond donors (Lipinski definition) is 1. The van der Waals surface area contributed by atoms with Gasteiger partial charge in [-0.2, -0.15) is 0 Å². The molecule has 0 aromatic heterocycles. The van der Waals surface area contributed by atoms with Gasteiger partial charge in [0.25, 0.3) is 0 Å². The van der Waals surface area contributed by atoms with E-state index < -0.39 is 10.0 Å². The molecule has 0 aliphatic carbocycles. The van der Waals surface area contributed by atoms with Crippen LogP contribution in [0.25, 0.3) is 0 Å². The lowest BCUT2D eigenvalue weighted by Gasteiger charge is -2.35. The molecular weight excluding hydrogens is 422 g/mol. The summed E-state index contributed by atoms with van der Waals surface area (Å²) in [4.78, 5) is 15.0. The molecule has 1 N–H and O–H groups in total. The Kier molecular flexibility index (Phi) is 7.96. The molecule has 1 fully saturated rings. The Labute approximate surface area is 192 Å². The number of rotatable bonds is 8. The Bertz CT molecular complexity index is 1010. The molecule has 174 valence electrons. The van der Waals surface area contributed by atoms with Crippen molar-refractivity contribution in [3.05, 3.63) is 65.2 Å².